The van der Waals surface area contributed by atoms with Gasteiger partial charge in [-0.2, -0.15) is 0 Å². The lowest BCUT2D eigenvalue weighted by Crippen LogP contribution is -2.49. The average Bonchev–Trinajstić information content (AvgIpc) is 3.08. The fourth-order valence-electron chi connectivity index (χ4n) is 4.21. The van der Waals surface area contributed by atoms with Gasteiger partial charge in [0.25, 0.3) is 0 Å². The van der Waals surface area contributed by atoms with E-state index in [1.807, 2.05) is 47.1 Å². The van der Waals surface area contributed by atoms with Gasteiger partial charge in [0.1, 0.15) is 11.9 Å². The first-order valence-electron chi connectivity index (χ1n) is 10.2. The largest absolute Gasteiger partial charge is 0.439 e. The van der Waals surface area contributed by atoms with E-state index in [1.54, 1.807) is 12.1 Å². The molecule has 0 N–H and O–H groups in total. The van der Waals surface area contributed by atoms with Crippen LogP contribution in [-0.2, 0) is 9.53 Å². The second kappa shape index (κ2) is 9.08. The Morgan fingerprint density at radius 3 is 2.43 bits per heavy atom. The molecule has 0 saturated carbocycles. The molecule has 0 bridgehead atoms. The second-order valence-electron chi connectivity index (χ2n) is 7.72. The first kappa shape index (κ1) is 20.7. The van der Waals surface area contributed by atoms with Crippen molar-refractivity contribution in [3.63, 3.8) is 0 Å². The van der Waals surface area contributed by atoms with Gasteiger partial charge in [0.15, 0.2) is 0 Å². The predicted molar refractivity (Wildman–Crippen MR) is 114 cm³/mol. The normalized spacial score (nSPS) is 22.3. The summed E-state index contributed by atoms with van der Waals surface area (Å²) < 4.78 is 18.7. The summed E-state index contributed by atoms with van der Waals surface area (Å²) in [5.74, 6) is 0.119. The van der Waals surface area contributed by atoms with Crippen LogP contribution in [0.15, 0.2) is 59.5 Å². The molecule has 2 aromatic rings. The summed E-state index contributed by atoms with van der Waals surface area (Å²) in [4.78, 5) is 29.7. The van der Waals surface area contributed by atoms with Crippen molar-refractivity contribution in [1.29, 1.82) is 0 Å². The van der Waals surface area contributed by atoms with E-state index in [-0.39, 0.29) is 36.0 Å². The SMILES string of the molecule is C[C@@H]1[C@H](c2ccccc2)OC(=O)N1C1CCN(C(=O)CSc2ccc(F)cc2)CC1. The fraction of sp³-hybridized carbons (Fsp3) is 0.391. The molecule has 2 aromatic carbocycles. The number of halogens is 1. The molecule has 0 aromatic heterocycles. The van der Waals surface area contributed by atoms with Gasteiger partial charge < -0.3 is 9.64 Å². The van der Waals surface area contributed by atoms with Crippen LogP contribution in [0.25, 0.3) is 0 Å². The highest BCUT2D eigenvalue weighted by atomic mass is 32.2. The maximum Gasteiger partial charge on any atom is 0.411 e. The molecule has 7 heteroatoms. The van der Waals surface area contributed by atoms with Crippen molar-refractivity contribution in [2.75, 3.05) is 18.8 Å². The average molecular weight is 429 g/mol. The molecule has 2 fully saturated rings. The zero-order chi connectivity index (χ0) is 21.1. The molecule has 0 radical (unpaired) electrons. The van der Waals surface area contributed by atoms with E-state index < -0.39 is 0 Å². The van der Waals surface area contributed by atoms with Gasteiger partial charge in [-0.15, -0.1) is 11.8 Å². The van der Waals surface area contributed by atoms with Crippen LogP contribution in [-0.4, -0.2) is 52.7 Å². The van der Waals surface area contributed by atoms with E-state index in [9.17, 15) is 14.0 Å². The topological polar surface area (TPSA) is 49.9 Å². The maximum atomic E-state index is 13.0. The summed E-state index contributed by atoms with van der Waals surface area (Å²) in [5, 5.41) is 0. The van der Waals surface area contributed by atoms with Crippen molar-refractivity contribution >= 4 is 23.8 Å². The molecular formula is C23H25FN2O3S. The minimum atomic E-state index is -0.281. The summed E-state index contributed by atoms with van der Waals surface area (Å²) in [6.07, 6.45) is 0.959. The molecule has 2 atom stereocenters. The molecule has 2 saturated heterocycles. The second-order valence-corrected chi connectivity index (χ2v) is 8.77. The van der Waals surface area contributed by atoms with E-state index in [4.69, 9.17) is 4.74 Å². The highest BCUT2D eigenvalue weighted by Crippen LogP contribution is 2.35. The molecule has 5 nitrogen and oxygen atoms in total. The van der Waals surface area contributed by atoms with E-state index in [0.29, 0.717) is 18.8 Å². The summed E-state index contributed by atoms with van der Waals surface area (Å²) in [5.41, 5.74) is 1.01. The number of ether oxygens (including phenoxy) is 1. The molecule has 0 aliphatic carbocycles. The van der Waals surface area contributed by atoms with Crippen LogP contribution in [0.1, 0.15) is 31.4 Å². The minimum absolute atomic E-state index is 0.0406. The number of hydrogen-bond acceptors (Lipinski definition) is 4. The Kier molecular flexibility index (Phi) is 6.27. The number of rotatable bonds is 5. The summed E-state index contributed by atoms with van der Waals surface area (Å²) >= 11 is 1.41. The monoisotopic (exact) mass is 428 g/mol. The van der Waals surface area contributed by atoms with Gasteiger partial charge in [-0.1, -0.05) is 30.3 Å². The predicted octanol–water partition coefficient (Wildman–Crippen LogP) is 4.49. The van der Waals surface area contributed by atoms with Crippen LogP contribution in [0.5, 0.6) is 0 Å². The maximum absolute atomic E-state index is 13.0. The van der Waals surface area contributed by atoms with Crippen molar-refractivity contribution in [2.45, 2.75) is 42.8 Å². The van der Waals surface area contributed by atoms with Gasteiger partial charge in [-0.3, -0.25) is 9.69 Å². The quantitative estimate of drug-likeness (QED) is 0.659. The number of amides is 2. The van der Waals surface area contributed by atoms with Crippen LogP contribution < -0.4 is 0 Å². The smallest absolute Gasteiger partial charge is 0.411 e. The van der Waals surface area contributed by atoms with Crippen molar-refractivity contribution in [3.05, 3.63) is 66.0 Å². The first-order chi connectivity index (χ1) is 14.5. The summed E-state index contributed by atoms with van der Waals surface area (Å²) in [6.45, 7) is 3.28. The molecule has 30 heavy (non-hydrogen) atoms. The molecule has 0 unspecified atom stereocenters. The summed E-state index contributed by atoms with van der Waals surface area (Å²) in [6, 6.07) is 16.0. The van der Waals surface area contributed by atoms with Gasteiger partial charge in [-0.05, 0) is 49.6 Å². The molecule has 2 aliphatic heterocycles. The van der Waals surface area contributed by atoms with Gasteiger partial charge in [0, 0.05) is 24.0 Å². The number of nitrogens with zero attached hydrogens (tertiary/aromatic N) is 2. The van der Waals surface area contributed by atoms with E-state index in [1.165, 1.54) is 23.9 Å². The van der Waals surface area contributed by atoms with E-state index in [2.05, 4.69) is 0 Å². The van der Waals surface area contributed by atoms with E-state index in [0.717, 1.165) is 23.3 Å². The lowest BCUT2D eigenvalue weighted by Gasteiger charge is -2.37. The van der Waals surface area contributed by atoms with Gasteiger partial charge in [0.2, 0.25) is 5.91 Å². The Morgan fingerprint density at radius 1 is 1.10 bits per heavy atom. The Morgan fingerprint density at radius 2 is 1.77 bits per heavy atom. The Labute approximate surface area is 180 Å². The fourth-order valence-corrected chi connectivity index (χ4v) is 5.01. The van der Waals surface area contributed by atoms with Crippen molar-refractivity contribution < 1.29 is 18.7 Å². The van der Waals surface area contributed by atoms with E-state index >= 15 is 0 Å². The van der Waals surface area contributed by atoms with Crippen LogP contribution in [0, 0.1) is 5.82 Å². The zero-order valence-corrected chi connectivity index (χ0v) is 17.7. The Balaban J connectivity index is 1.30. The number of carbonyl (C=O) groups is 2. The van der Waals surface area contributed by atoms with Crippen LogP contribution >= 0.6 is 11.8 Å². The van der Waals surface area contributed by atoms with Crippen molar-refractivity contribution in [1.82, 2.24) is 9.80 Å². The van der Waals surface area contributed by atoms with Crippen LogP contribution in [0.2, 0.25) is 0 Å². The molecule has 2 amide bonds. The number of likely N-dealkylation sites (tertiary alicyclic amines) is 1. The van der Waals surface area contributed by atoms with Gasteiger partial charge in [0.05, 0.1) is 11.8 Å². The van der Waals surface area contributed by atoms with Crippen LogP contribution in [0.4, 0.5) is 9.18 Å². The third-order valence-corrected chi connectivity index (χ3v) is 6.83. The molecule has 2 aliphatic rings. The summed E-state index contributed by atoms with van der Waals surface area (Å²) in [7, 11) is 0. The molecule has 0 spiro atoms. The Hall–Kier alpha value is -2.54. The highest BCUT2D eigenvalue weighted by molar-refractivity contribution is 8.00. The lowest BCUT2D eigenvalue weighted by atomic mass is 9.98. The number of benzene rings is 2. The third kappa shape index (κ3) is 4.46. The standard InChI is InChI=1S/C23H25FN2O3S/c1-16-22(17-5-3-2-4-6-17)29-23(28)26(16)19-11-13-25(14-12-19)21(27)15-30-20-9-7-18(24)8-10-20/h2-10,16,19,22H,11-15H2,1H3/t16-,22-/m1/s1. The number of cyclic esters (lactones) is 1. The van der Waals surface area contributed by atoms with Gasteiger partial charge >= 0.3 is 6.09 Å². The van der Waals surface area contributed by atoms with Crippen molar-refractivity contribution in [3.8, 4) is 0 Å². The molecule has 158 valence electrons. The lowest BCUT2D eigenvalue weighted by molar-refractivity contribution is -0.129. The third-order valence-electron chi connectivity index (χ3n) is 5.83. The minimum Gasteiger partial charge on any atom is -0.439 e. The number of carbonyl (C=O) groups excluding carboxylic acids is 2. The van der Waals surface area contributed by atoms with Crippen LogP contribution in [0.3, 0.4) is 0 Å². The molecule has 2 heterocycles. The molecule has 4 rings (SSSR count). The molecular weight excluding hydrogens is 403 g/mol. The number of hydrogen-bond donors (Lipinski definition) is 0. The Bertz CT molecular complexity index is 885. The first-order valence-corrected chi connectivity index (χ1v) is 11.2. The van der Waals surface area contributed by atoms with Crippen molar-refractivity contribution in [2.24, 2.45) is 0 Å². The highest BCUT2D eigenvalue weighted by Gasteiger charge is 2.44. The number of thioether (sulfide) groups is 1. The zero-order valence-electron chi connectivity index (χ0n) is 16.9. The van der Waals surface area contributed by atoms with Gasteiger partial charge in [-0.25, -0.2) is 9.18 Å². The number of piperidine rings is 1.